The van der Waals surface area contributed by atoms with E-state index < -0.39 is 11.6 Å². The molecule has 4 rings (SSSR count). The van der Waals surface area contributed by atoms with Gasteiger partial charge in [-0.1, -0.05) is 18.2 Å². The molecule has 0 radical (unpaired) electrons. The maximum atomic E-state index is 13.5. The molecule has 2 heterocycles. The summed E-state index contributed by atoms with van der Waals surface area (Å²) < 4.78 is 34.1. The normalized spacial score (nSPS) is 15.7. The van der Waals surface area contributed by atoms with Crippen LogP contribution in [0, 0.1) is 11.6 Å². The molecule has 2 aromatic carbocycles. The third-order valence-corrected chi connectivity index (χ3v) is 4.59. The summed E-state index contributed by atoms with van der Waals surface area (Å²) in [4.78, 5) is 16.4. The lowest BCUT2D eigenvalue weighted by Gasteiger charge is -2.22. The van der Waals surface area contributed by atoms with E-state index in [1.54, 1.807) is 16.8 Å². The van der Waals surface area contributed by atoms with Gasteiger partial charge >= 0.3 is 0 Å². The minimum Gasteiger partial charge on any atom is -0.484 e. The van der Waals surface area contributed by atoms with Gasteiger partial charge in [0.1, 0.15) is 23.2 Å². The van der Waals surface area contributed by atoms with E-state index in [-0.39, 0.29) is 24.4 Å². The number of carbonyl (C=O) groups excluding carboxylic acids is 1. The first-order valence-corrected chi connectivity index (χ1v) is 8.94. The van der Waals surface area contributed by atoms with Crippen LogP contribution in [0.5, 0.6) is 5.75 Å². The summed E-state index contributed by atoms with van der Waals surface area (Å²) >= 11 is 0. The number of rotatable bonds is 5. The van der Waals surface area contributed by atoms with Gasteiger partial charge in [0.2, 0.25) is 5.95 Å². The Morgan fingerprint density at radius 3 is 2.68 bits per heavy atom. The van der Waals surface area contributed by atoms with Crippen molar-refractivity contribution in [3.05, 3.63) is 71.6 Å². The van der Waals surface area contributed by atoms with E-state index >= 15 is 0 Å². The van der Waals surface area contributed by atoms with Crippen molar-refractivity contribution in [3.63, 3.8) is 0 Å². The molecular formula is C20H18F2N4O2. The fourth-order valence-corrected chi connectivity index (χ4v) is 3.28. The number of hydrogen-bond donors (Lipinski definition) is 1. The number of halogens is 2. The lowest BCUT2D eigenvalue weighted by atomic mass is 9.90. The molecule has 0 saturated heterocycles. The van der Waals surface area contributed by atoms with E-state index in [2.05, 4.69) is 15.4 Å². The average molecular weight is 384 g/mol. The van der Waals surface area contributed by atoms with Crippen LogP contribution in [0.1, 0.15) is 23.7 Å². The van der Waals surface area contributed by atoms with Crippen LogP contribution in [0.15, 0.2) is 48.5 Å². The molecule has 0 aliphatic carbocycles. The van der Waals surface area contributed by atoms with Gasteiger partial charge in [0, 0.05) is 19.0 Å². The Kier molecular flexibility index (Phi) is 5.01. The second kappa shape index (κ2) is 7.75. The molecule has 3 aromatic rings. The van der Waals surface area contributed by atoms with Crippen LogP contribution in [0.4, 0.5) is 14.7 Å². The third-order valence-electron chi connectivity index (χ3n) is 4.59. The van der Waals surface area contributed by atoms with Crippen molar-refractivity contribution in [3.8, 4) is 5.75 Å². The van der Waals surface area contributed by atoms with Crippen molar-refractivity contribution in [1.82, 2.24) is 14.8 Å². The Labute approximate surface area is 160 Å². The minimum absolute atomic E-state index is 0.0492. The maximum absolute atomic E-state index is 13.5. The second-order valence-corrected chi connectivity index (χ2v) is 6.62. The van der Waals surface area contributed by atoms with Gasteiger partial charge in [-0.25, -0.2) is 13.5 Å². The fourth-order valence-electron chi connectivity index (χ4n) is 3.28. The highest BCUT2D eigenvalue weighted by molar-refractivity contribution is 5.90. The lowest BCUT2D eigenvalue weighted by Crippen LogP contribution is -2.21. The predicted molar refractivity (Wildman–Crippen MR) is 98.0 cm³/mol. The second-order valence-electron chi connectivity index (χ2n) is 6.62. The van der Waals surface area contributed by atoms with E-state index in [1.165, 1.54) is 12.1 Å². The Morgan fingerprint density at radius 1 is 1.18 bits per heavy atom. The van der Waals surface area contributed by atoms with E-state index in [1.807, 2.05) is 18.2 Å². The molecular weight excluding hydrogens is 366 g/mol. The van der Waals surface area contributed by atoms with E-state index in [0.29, 0.717) is 36.5 Å². The standard InChI is InChI=1S/C20H18F2N4O2/c21-15-8-14(9-16(22)11-15)13-6-7-26-18(10-13)23-20(25-26)24-19(27)12-28-17-4-2-1-3-5-17/h1-5,8-9,11,13H,6-7,10,12H2,(H,24,25,27). The van der Waals surface area contributed by atoms with Crippen molar-refractivity contribution in [2.45, 2.75) is 25.3 Å². The van der Waals surface area contributed by atoms with Crippen molar-refractivity contribution in [2.24, 2.45) is 0 Å². The van der Waals surface area contributed by atoms with Crippen LogP contribution >= 0.6 is 0 Å². The minimum atomic E-state index is -0.589. The third kappa shape index (κ3) is 4.16. The van der Waals surface area contributed by atoms with Crippen LogP contribution in [0.25, 0.3) is 0 Å². The van der Waals surface area contributed by atoms with Crippen LogP contribution in [0.3, 0.4) is 0 Å². The van der Waals surface area contributed by atoms with Gasteiger partial charge < -0.3 is 4.74 Å². The van der Waals surface area contributed by atoms with Crippen LogP contribution in [-0.2, 0) is 17.8 Å². The molecule has 1 amide bonds. The molecule has 1 aromatic heterocycles. The molecule has 1 N–H and O–H groups in total. The highest BCUT2D eigenvalue weighted by atomic mass is 19.1. The quantitative estimate of drug-likeness (QED) is 0.733. The first-order chi connectivity index (χ1) is 13.6. The molecule has 0 spiro atoms. The van der Waals surface area contributed by atoms with Gasteiger partial charge in [-0.2, -0.15) is 4.98 Å². The van der Waals surface area contributed by atoms with Gasteiger partial charge in [0.15, 0.2) is 6.61 Å². The molecule has 0 fully saturated rings. The van der Waals surface area contributed by atoms with Gasteiger partial charge in [-0.15, -0.1) is 5.10 Å². The number of anilines is 1. The molecule has 8 heteroatoms. The molecule has 1 unspecified atom stereocenters. The lowest BCUT2D eigenvalue weighted by molar-refractivity contribution is -0.118. The fraction of sp³-hybridized carbons (Fsp3) is 0.250. The number of carbonyl (C=O) groups is 1. The Hall–Kier alpha value is -3.29. The topological polar surface area (TPSA) is 69.0 Å². The first kappa shape index (κ1) is 18.1. The highest BCUT2D eigenvalue weighted by Crippen LogP contribution is 2.30. The summed E-state index contributed by atoms with van der Waals surface area (Å²) in [7, 11) is 0. The Balaban J connectivity index is 1.39. The number of nitrogens with one attached hydrogen (secondary N) is 1. The smallest absolute Gasteiger partial charge is 0.264 e. The van der Waals surface area contributed by atoms with E-state index in [0.717, 1.165) is 6.07 Å². The summed E-state index contributed by atoms with van der Waals surface area (Å²) in [6, 6.07) is 12.6. The Bertz CT molecular complexity index is 971. The van der Waals surface area contributed by atoms with Gasteiger partial charge in [-0.05, 0) is 42.2 Å². The molecule has 28 heavy (non-hydrogen) atoms. The zero-order chi connectivity index (χ0) is 19.5. The summed E-state index contributed by atoms with van der Waals surface area (Å²) in [6.45, 7) is 0.403. The van der Waals surface area contributed by atoms with Crippen LogP contribution in [-0.4, -0.2) is 27.3 Å². The first-order valence-electron chi connectivity index (χ1n) is 8.94. The van der Waals surface area contributed by atoms with Gasteiger partial charge in [-0.3, -0.25) is 10.1 Å². The van der Waals surface area contributed by atoms with Crippen LogP contribution < -0.4 is 10.1 Å². The highest BCUT2D eigenvalue weighted by Gasteiger charge is 2.24. The molecule has 6 nitrogen and oxygen atoms in total. The molecule has 0 bridgehead atoms. The van der Waals surface area contributed by atoms with Crippen molar-refractivity contribution in [1.29, 1.82) is 0 Å². The largest absolute Gasteiger partial charge is 0.484 e. The number of fused-ring (bicyclic) bond motifs is 1. The maximum Gasteiger partial charge on any atom is 0.264 e. The zero-order valence-electron chi connectivity index (χ0n) is 14.9. The van der Waals surface area contributed by atoms with Crippen LogP contribution in [0.2, 0.25) is 0 Å². The molecule has 0 saturated carbocycles. The number of hydrogen-bond acceptors (Lipinski definition) is 4. The molecule has 1 aliphatic rings. The number of aromatic nitrogens is 3. The number of benzene rings is 2. The molecule has 144 valence electrons. The Morgan fingerprint density at radius 2 is 1.93 bits per heavy atom. The number of amides is 1. The number of nitrogens with zero attached hydrogens (tertiary/aromatic N) is 3. The summed E-state index contributed by atoms with van der Waals surface area (Å²) in [5.41, 5.74) is 0.605. The number of ether oxygens (including phenoxy) is 1. The van der Waals surface area contributed by atoms with Crippen molar-refractivity contribution >= 4 is 11.9 Å². The summed E-state index contributed by atoms with van der Waals surface area (Å²) in [5, 5.41) is 6.89. The summed E-state index contributed by atoms with van der Waals surface area (Å²) in [6.07, 6.45) is 1.18. The van der Waals surface area contributed by atoms with Gasteiger partial charge in [0.25, 0.3) is 5.91 Å². The summed E-state index contributed by atoms with van der Waals surface area (Å²) in [5.74, 6) is -0.132. The zero-order valence-corrected chi connectivity index (χ0v) is 14.9. The SMILES string of the molecule is O=C(COc1ccccc1)Nc1nc2n(n1)CCC(c1cc(F)cc(F)c1)C2. The average Bonchev–Trinajstić information content (AvgIpc) is 3.07. The number of para-hydroxylation sites is 1. The monoisotopic (exact) mass is 384 g/mol. The molecule has 1 atom stereocenters. The van der Waals surface area contributed by atoms with Crippen molar-refractivity contribution < 1.29 is 18.3 Å². The van der Waals surface area contributed by atoms with Gasteiger partial charge in [0.05, 0.1) is 0 Å². The van der Waals surface area contributed by atoms with E-state index in [9.17, 15) is 13.6 Å². The molecule has 1 aliphatic heterocycles. The van der Waals surface area contributed by atoms with Crippen molar-refractivity contribution in [2.75, 3.05) is 11.9 Å². The predicted octanol–water partition coefficient (Wildman–Crippen LogP) is 3.30. The number of aryl methyl sites for hydroxylation is 1. The van der Waals surface area contributed by atoms with E-state index in [4.69, 9.17) is 4.74 Å².